The van der Waals surface area contributed by atoms with E-state index in [4.69, 9.17) is 45.3 Å². The van der Waals surface area contributed by atoms with E-state index in [1.165, 1.54) is 48.0 Å². The summed E-state index contributed by atoms with van der Waals surface area (Å²) in [5.41, 5.74) is 25.4. The number of benzene rings is 8. The van der Waals surface area contributed by atoms with Crippen molar-refractivity contribution in [2.45, 2.75) is 136 Å². The number of hydrazine groups is 2. The number of anilines is 4. The van der Waals surface area contributed by atoms with Crippen LogP contribution in [0.3, 0.4) is 0 Å². The number of H-pyrrole nitrogens is 2. The van der Waals surface area contributed by atoms with Crippen LogP contribution >= 0.6 is 34.8 Å². The van der Waals surface area contributed by atoms with Crippen molar-refractivity contribution in [2.75, 3.05) is 102 Å². The van der Waals surface area contributed by atoms with Crippen LogP contribution < -0.4 is 69.5 Å². The Morgan fingerprint density at radius 2 is 1.23 bits per heavy atom. The third kappa shape index (κ3) is 28.8. The largest absolute Gasteiger partial charge is 0.493 e. The van der Waals surface area contributed by atoms with E-state index in [2.05, 4.69) is 173 Å². The number of carbonyl (C=O) groups excluding carboxylic acids is 1. The smallest absolute Gasteiger partial charge is 0.270 e. The molecule has 12 N–H and O–H groups in total. The van der Waals surface area contributed by atoms with Crippen molar-refractivity contribution in [2.24, 2.45) is 5.73 Å². The quantitative estimate of drug-likeness (QED) is 0.0162. The van der Waals surface area contributed by atoms with Gasteiger partial charge in [0.05, 0.1) is 39.2 Å². The molecule has 0 bridgehead atoms. The van der Waals surface area contributed by atoms with Crippen molar-refractivity contribution in [3.63, 3.8) is 0 Å². The van der Waals surface area contributed by atoms with Gasteiger partial charge in [0.1, 0.15) is 5.75 Å². The number of nitrogens with one attached hydrogen (secondary N) is 10. The van der Waals surface area contributed by atoms with Crippen LogP contribution in [0.4, 0.5) is 22.7 Å². The number of piperidine rings is 1. The highest BCUT2D eigenvalue weighted by Gasteiger charge is 2.27. The maximum atomic E-state index is 12.5. The first-order valence-electron chi connectivity index (χ1n) is 35.8. The number of amides is 1. The number of likely N-dealkylation sites (N-methyl/N-ethyl adjacent to an activating group) is 1. The first-order chi connectivity index (χ1) is 49.2. The normalized spacial score (nSPS) is 12.5. The van der Waals surface area contributed by atoms with Gasteiger partial charge in [-0.15, -0.1) is 0 Å². The number of hydrogen-bond donors (Lipinski definition) is 11. The molecular formula is C82H114Cl3N13O4. The molecule has 20 heteroatoms. The molecular weight excluding hydrogens is 1340 g/mol. The van der Waals surface area contributed by atoms with Gasteiger partial charge in [-0.3, -0.25) is 29.5 Å². The van der Waals surface area contributed by atoms with Crippen molar-refractivity contribution >= 4 is 85.0 Å². The standard InChI is InChI=1S/C21H37NO.C20H20N2O.C14H20N4O2.C13H20N2.C7H7Cl3N2.C7H10N2/c1-8-20(3,4)17-12-13-19(23-15-11-10-14-22-7)18(16-17)21(5,6)9-2;1-21-19(13-15-7-3-2-4-8-15)20(23)22-18-12-11-16-9-5-6-10-17(16)14-18;1-2-18(8-4-3-7-15)10-5-6-11-12(9-10)14(20)17-16-13(11)19;1-14-13-7-9-15(10-8-13)11-12-5-3-2-4-6-12;1-11-12-7-5(9)2-4(8)3-6(7)10;1-8-9-7-5-3-2-4-6-7/h12-13,16,22H,8-11,14-15H2,1-7H3;2-12,14,19,21H,13H2,1H3,(H,22,23);5-6,9H,2-4,7-8,15H2,1H3,(H,16,19)(H,17,20);2-6,13-14H,7-11H2,1H3;2-3,11-12H,1H3;2-6,8-9H,1H3/t;19-;;;;/m.0..../s1. The lowest BCUT2D eigenvalue weighted by Gasteiger charge is -2.31. The van der Waals surface area contributed by atoms with Crippen LogP contribution in [0.2, 0.25) is 15.1 Å². The molecule has 8 aromatic carbocycles. The van der Waals surface area contributed by atoms with E-state index >= 15 is 0 Å². The maximum absolute atomic E-state index is 12.5. The number of ether oxygens (including phenoxy) is 1. The maximum Gasteiger partial charge on any atom is 0.270 e. The van der Waals surface area contributed by atoms with Gasteiger partial charge in [-0.2, -0.15) is 0 Å². The Kier molecular flexibility index (Phi) is 38.3. The summed E-state index contributed by atoms with van der Waals surface area (Å²) < 4.78 is 6.15. The van der Waals surface area contributed by atoms with Crippen LogP contribution in [0.15, 0.2) is 192 Å². The lowest BCUT2D eigenvalue weighted by Crippen LogP contribution is -2.40. The number of rotatable bonds is 28. The minimum absolute atomic E-state index is 0.0216. The SMILES string of the molecule is CCC(C)(C)c1ccc(OCCCCNC)c(C(C)(C)CC)c1.CCN(CCCCN)c1ccc2c(=O)[nH][nH]c(=O)c2c1.CNC1CCN(Cc2ccccc2)CC1.CNNc1c(Cl)cc(Cl)cc1Cl.CNNc1ccccc1.CN[C@@H](Cc1ccccc1)C(=O)Nc1ccc2ccccc2c1. The van der Waals surface area contributed by atoms with Crippen LogP contribution in [-0.2, 0) is 28.6 Å². The van der Waals surface area contributed by atoms with Gasteiger partial charge in [-0.25, -0.2) is 10.9 Å². The van der Waals surface area contributed by atoms with Gasteiger partial charge < -0.3 is 47.5 Å². The molecule has 0 aliphatic carbocycles. The lowest BCUT2D eigenvalue weighted by molar-refractivity contribution is -0.118. The number of aromatic nitrogens is 2. The van der Waals surface area contributed by atoms with E-state index in [1.807, 2.05) is 124 Å². The fraction of sp³-hybridized carbons (Fsp3) is 0.402. The van der Waals surface area contributed by atoms with Crippen LogP contribution in [0.25, 0.3) is 21.5 Å². The number of carbonyl (C=O) groups is 1. The van der Waals surface area contributed by atoms with Crippen LogP contribution in [-0.4, -0.2) is 114 Å². The van der Waals surface area contributed by atoms with Gasteiger partial charge in [-0.1, -0.05) is 198 Å². The molecule has 0 spiro atoms. The summed E-state index contributed by atoms with van der Waals surface area (Å²) in [5.74, 6) is 1.04. The summed E-state index contributed by atoms with van der Waals surface area (Å²) in [4.78, 5) is 40.7. The molecule has 102 heavy (non-hydrogen) atoms. The van der Waals surface area contributed by atoms with Crippen molar-refractivity contribution < 1.29 is 9.53 Å². The van der Waals surface area contributed by atoms with E-state index in [-0.39, 0.29) is 33.9 Å². The fourth-order valence-corrected chi connectivity index (χ4v) is 12.1. The summed E-state index contributed by atoms with van der Waals surface area (Å²) in [7, 11) is 9.44. The number of likely N-dealkylation sites (tertiary alicyclic amines) is 1. The summed E-state index contributed by atoms with van der Waals surface area (Å²) in [6, 6.07) is 60.7. The molecule has 0 radical (unpaired) electrons. The molecule has 2 heterocycles. The minimum atomic E-state index is -0.280. The molecule has 1 amide bonds. The van der Waals surface area contributed by atoms with Gasteiger partial charge in [0.2, 0.25) is 5.91 Å². The number of nitrogens with two attached hydrogens (primary N) is 1. The second-order valence-corrected chi connectivity index (χ2v) is 27.6. The summed E-state index contributed by atoms with van der Waals surface area (Å²) in [6.45, 7) is 23.7. The monoisotopic (exact) mass is 1450 g/mol. The molecule has 1 fully saturated rings. The molecule has 0 saturated carbocycles. The zero-order valence-corrected chi connectivity index (χ0v) is 64.5. The molecule has 1 aromatic heterocycles. The number of para-hydroxylation sites is 1. The highest BCUT2D eigenvalue weighted by atomic mass is 35.5. The number of nitrogens with zero attached hydrogens (tertiary/aromatic N) is 2. The number of aromatic amines is 2. The Bertz CT molecular complexity index is 3940. The Hall–Kier alpha value is -7.78. The zero-order valence-electron chi connectivity index (χ0n) is 62.2. The van der Waals surface area contributed by atoms with Crippen molar-refractivity contribution in [1.82, 2.24) is 41.9 Å². The van der Waals surface area contributed by atoms with Crippen LogP contribution in [0, 0.1) is 0 Å². The van der Waals surface area contributed by atoms with E-state index in [0.29, 0.717) is 44.5 Å². The van der Waals surface area contributed by atoms with Gasteiger partial charge in [0.15, 0.2) is 0 Å². The number of halogens is 3. The van der Waals surface area contributed by atoms with Gasteiger partial charge in [-0.05, 0) is 211 Å². The second kappa shape index (κ2) is 46.0. The topological polar surface area (TPSA) is 221 Å². The predicted molar refractivity (Wildman–Crippen MR) is 436 cm³/mol. The molecule has 1 aliphatic heterocycles. The number of hydrogen-bond acceptors (Lipinski definition) is 14. The van der Waals surface area contributed by atoms with Crippen molar-refractivity contribution in [1.29, 1.82) is 0 Å². The molecule has 17 nitrogen and oxygen atoms in total. The number of fused-ring (bicyclic) bond motifs is 2. The highest BCUT2D eigenvalue weighted by molar-refractivity contribution is 6.41. The summed E-state index contributed by atoms with van der Waals surface area (Å²) >= 11 is 17.4. The van der Waals surface area contributed by atoms with Crippen LogP contribution in [0.1, 0.15) is 122 Å². The summed E-state index contributed by atoms with van der Waals surface area (Å²) in [6.07, 6.45) is 9.71. The fourth-order valence-electron chi connectivity index (χ4n) is 11.2. The van der Waals surface area contributed by atoms with Crippen LogP contribution in [0.5, 0.6) is 5.75 Å². The molecule has 552 valence electrons. The van der Waals surface area contributed by atoms with E-state index in [1.54, 1.807) is 31.3 Å². The molecule has 1 atom stereocenters. The van der Waals surface area contributed by atoms with E-state index in [0.717, 1.165) is 111 Å². The number of unbranched alkanes of at least 4 members (excludes halogenated alkanes) is 2. The molecule has 9 aromatic rings. The van der Waals surface area contributed by atoms with Crippen molar-refractivity contribution in [3.8, 4) is 5.75 Å². The lowest BCUT2D eigenvalue weighted by atomic mass is 9.76. The first kappa shape index (κ1) is 84.9. The Morgan fingerprint density at radius 1 is 0.627 bits per heavy atom. The minimum Gasteiger partial charge on any atom is -0.493 e. The molecule has 0 unspecified atom stereocenters. The van der Waals surface area contributed by atoms with Gasteiger partial charge >= 0.3 is 0 Å². The zero-order chi connectivity index (χ0) is 74.3. The highest BCUT2D eigenvalue weighted by Crippen LogP contribution is 2.39. The average molecular weight is 1450 g/mol. The first-order valence-corrected chi connectivity index (χ1v) is 36.9. The molecule has 1 saturated heterocycles. The van der Waals surface area contributed by atoms with Gasteiger partial charge in [0.25, 0.3) is 11.1 Å². The predicted octanol–water partition coefficient (Wildman–Crippen LogP) is 16.1. The summed E-state index contributed by atoms with van der Waals surface area (Å²) in [5, 5.41) is 21.9. The average Bonchev–Trinajstić information content (AvgIpc) is 0.831. The Balaban J connectivity index is 0.000000226. The molecule has 10 rings (SSSR count). The van der Waals surface area contributed by atoms with Gasteiger partial charge in [0, 0.05) is 67.4 Å². The Labute approximate surface area is 622 Å². The Morgan fingerprint density at radius 3 is 1.80 bits per heavy atom. The third-order valence-electron chi connectivity index (χ3n) is 18.3. The van der Waals surface area contributed by atoms with Crippen molar-refractivity contribution in [3.05, 3.63) is 240 Å². The third-order valence-corrected chi connectivity index (χ3v) is 19.1. The molecule has 1 aliphatic rings. The second-order valence-electron chi connectivity index (χ2n) is 26.3. The van der Waals surface area contributed by atoms with E-state index in [9.17, 15) is 14.4 Å². The van der Waals surface area contributed by atoms with E-state index < -0.39 is 0 Å².